The summed E-state index contributed by atoms with van der Waals surface area (Å²) in [4.78, 5) is 17.2. The molecule has 4 aromatic rings. The number of rotatable bonds is 8. The number of nitrogens with zero attached hydrogens (tertiary/aromatic N) is 2. The number of alkyl halides is 3. The van der Waals surface area contributed by atoms with Crippen LogP contribution in [0.25, 0.3) is 22.3 Å². The minimum absolute atomic E-state index is 0.0450. The maximum Gasteiger partial charge on any atom is 0.516 e. The van der Waals surface area contributed by atoms with Crippen molar-refractivity contribution in [2.24, 2.45) is 5.73 Å². The number of primary amides is 1. The fraction of sp³-hybridized carbons (Fsp3) is 0.308. The monoisotopic (exact) mass is 624 g/mol. The van der Waals surface area contributed by atoms with E-state index < -0.39 is 21.4 Å². The molecule has 0 aliphatic heterocycles. The molecule has 0 radical (unpaired) electrons. The number of hydrogen-bond donors (Lipinski definition) is 2. The summed E-state index contributed by atoms with van der Waals surface area (Å²) in [5.74, 6) is 0.644. The number of furan rings is 1. The minimum Gasteiger partial charge on any atom is -0.455 e. The Balaban J connectivity index is 1.56. The number of aromatic nitrogens is 2. The zero-order valence-electron chi connectivity index (χ0n) is 20.8. The Morgan fingerprint density at radius 2 is 1.92 bits per heavy atom. The number of para-hydroxylation sites is 1. The molecule has 13 heteroatoms. The van der Waals surface area contributed by atoms with Crippen LogP contribution in [0.15, 0.2) is 51.4 Å². The quantitative estimate of drug-likeness (QED) is 0.233. The largest absolute Gasteiger partial charge is 0.516 e. The van der Waals surface area contributed by atoms with Gasteiger partial charge < -0.3 is 14.7 Å². The maximum atomic E-state index is 13.0. The van der Waals surface area contributed by atoms with Gasteiger partial charge in [0.15, 0.2) is 5.76 Å². The number of carbonyl (C=O) groups is 1. The Morgan fingerprint density at radius 1 is 1.23 bits per heavy atom. The molecule has 1 saturated carbocycles. The van der Waals surface area contributed by atoms with Crippen molar-refractivity contribution in [3.63, 3.8) is 0 Å². The van der Waals surface area contributed by atoms with Crippen molar-refractivity contribution in [1.82, 2.24) is 9.55 Å². The van der Waals surface area contributed by atoms with Gasteiger partial charge in [-0.1, -0.05) is 32.0 Å². The first-order valence-corrected chi connectivity index (χ1v) is 14.4. The second-order valence-corrected chi connectivity index (χ2v) is 12.2. The number of benzene rings is 2. The average Bonchev–Trinajstić information content (AvgIpc) is 3.55. The molecule has 206 valence electrons. The Kier molecular flexibility index (Phi) is 6.78. The van der Waals surface area contributed by atoms with Gasteiger partial charge in [0.05, 0.1) is 15.9 Å². The molecule has 1 aliphatic carbocycles. The van der Waals surface area contributed by atoms with Gasteiger partial charge in [0.2, 0.25) is 0 Å². The van der Waals surface area contributed by atoms with Gasteiger partial charge >= 0.3 is 15.5 Å². The Morgan fingerprint density at radius 3 is 2.54 bits per heavy atom. The highest BCUT2D eigenvalue weighted by Gasteiger charge is 2.46. The molecule has 5 rings (SSSR count). The summed E-state index contributed by atoms with van der Waals surface area (Å²) >= 11 is 3.48. The molecule has 2 heterocycles. The summed E-state index contributed by atoms with van der Waals surface area (Å²) in [6, 6.07) is 11.0. The van der Waals surface area contributed by atoms with Gasteiger partial charge in [0, 0.05) is 29.3 Å². The molecule has 2 aromatic heterocycles. The predicted octanol–water partition coefficient (Wildman–Crippen LogP) is 6.47. The van der Waals surface area contributed by atoms with Gasteiger partial charge in [-0.3, -0.25) is 9.52 Å². The fourth-order valence-corrected chi connectivity index (χ4v) is 5.72. The van der Waals surface area contributed by atoms with E-state index in [2.05, 4.69) is 15.9 Å². The summed E-state index contributed by atoms with van der Waals surface area (Å²) in [6.45, 7) is 4.30. The molecular weight excluding hydrogens is 601 g/mol. The third kappa shape index (κ3) is 5.05. The lowest BCUT2D eigenvalue weighted by Gasteiger charge is -2.13. The van der Waals surface area contributed by atoms with E-state index in [1.165, 1.54) is 18.2 Å². The highest BCUT2D eigenvalue weighted by atomic mass is 79.9. The second-order valence-electron chi connectivity index (χ2n) is 9.76. The van der Waals surface area contributed by atoms with Crippen molar-refractivity contribution < 1.29 is 30.8 Å². The average molecular weight is 625 g/mol. The number of hydrogen-bond acceptors (Lipinski definition) is 5. The van der Waals surface area contributed by atoms with Crippen LogP contribution in [0.3, 0.4) is 0 Å². The van der Waals surface area contributed by atoms with E-state index in [1.807, 2.05) is 30.5 Å². The molecule has 39 heavy (non-hydrogen) atoms. The Bertz CT molecular complexity index is 1710. The fourth-order valence-electron chi connectivity index (χ4n) is 4.53. The molecule has 1 aliphatic rings. The van der Waals surface area contributed by atoms with E-state index in [1.54, 1.807) is 16.9 Å². The number of carbonyl (C=O) groups excluding carboxylic acids is 1. The van der Waals surface area contributed by atoms with Crippen LogP contribution in [0.4, 0.5) is 18.9 Å². The molecule has 0 atom stereocenters. The number of nitrogens with one attached hydrogen (secondary N) is 1. The van der Waals surface area contributed by atoms with E-state index >= 15 is 0 Å². The lowest BCUT2D eigenvalue weighted by atomic mass is 10.1. The molecule has 0 bridgehead atoms. The van der Waals surface area contributed by atoms with Gasteiger partial charge in [0.25, 0.3) is 5.91 Å². The van der Waals surface area contributed by atoms with E-state index in [9.17, 15) is 26.4 Å². The van der Waals surface area contributed by atoms with Gasteiger partial charge in [-0.2, -0.15) is 21.6 Å². The number of halogens is 4. The number of fused-ring (bicyclic) bond motifs is 1. The Labute approximate surface area is 230 Å². The van der Waals surface area contributed by atoms with Crippen LogP contribution in [0.2, 0.25) is 0 Å². The summed E-state index contributed by atoms with van der Waals surface area (Å²) in [5.41, 5.74) is 2.51. The van der Waals surface area contributed by atoms with Crippen LogP contribution in [0, 0.1) is 0 Å². The summed E-state index contributed by atoms with van der Waals surface area (Å²) < 4.78 is 72.4. The molecule has 1 amide bonds. The normalized spacial score (nSPS) is 14.3. The number of imidazole rings is 1. The maximum absolute atomic E-state index is 13.0. The topological polar surface area (TPSA) is 120 Å². The zero-order chi connectivity index (χ0) is 28.3. The molecule has 3 N–H and O–H groups in total. The predicted molar refractivity (Wildman–Crippen MR) is 144 cm³/mol. The number of sulfonamides is 1. The van der Waals surface area contributed by atoms with Crippen molar-refractivity contribution in [1.29, 1.82) is 0 Å². The summed E-state index contributed by atoms with van der Waals surface area (Å²) in [5, 5.41) is 0.616. The number of anilines is 1. The number of nitrogens with two attached hydrogens (primary N) is 1. The van der Waals surface area contributed by atoms with Crippen LogP contribution in [-0.2, 0) is 16.6 Å². The SMILES string of the molecule is CC(C)c1nc(C2CC2)c(C(N)=O)n1Cc1ccc2oc(-c3ccccc3NS(=O)(=O)C(F)(F)F)c(Br)c2c1. The smallest absolute Gasteiger partial charge is 0.455 e. The highest BCUT2D eigenvalue weighted by molar-refractivity contribution is 9.10. The van der Waals surface area contributed by atoms with Crippen LogP contribution in [0.5, 0.6) is 0 Å². The van der Waals surface area contributed by atoms with Crippen molar-refractivity contribution in [3.8, 4) is 11.3 Å². The molecule has 0 saturated heterocycles. The van der Waals surface area contributed by atoms with Crippen molar-refractivity contribution >= 4 is 48.5 Å². The van der Waals surface area contributed by atoms with Crippen LogP contribution < -0.4 is 10.5 Å². The zero-order valence-corrected chi connectivity index (χ0v) is 23.2. The van der Waals surface area contributed by atoms with Crippen molar-refractivity contribution in [3.05, 3.63) is 69.7 Å². The molecule has 0 spiro atoms. The van der Waals surface area contributed by atoms with Gasteiger partial charge in [0.1, 0.15) is 17.1 Å². The molecule has 2 aromatic carbocycles. The summed E-state index contributed by atoms with van der Waals surface area (Å²) in [6.07, 6.45) is 1.93. The van der Waals surface area contributed by atoms with Gasteiger partial charge in [-0.15, -0.1) is 0 Å². The third-order valence-corrected chi connectivity index (χ3v) is 8.38. The van der Waals surface area contributed by atoms with Crippen LogP contribution >= 0.6 is 15.9 Å². The van der Waals surface area contributed by atoms with E-state index in [-0.39, 0.29) is 28.8 Å². The second kappa shape index (κ2) is 9.70. The third-order valence-electron chi connectivity index (χ3n) is 6.49. The minimum atomic E-state index is -5.64. The lowest BCUT2D eigenvalue weighted by molar-refractivity contribution is -0.0429. The molecular formula is C26H24BrF3N4O4S. The first kappa shape index (κ1) is 27.3. The summed E-state index contributed by atoms with van der Waals surface area (Å²) in [7, 11) is -5.64. The van der Waals surface area contributed by atoms with Crippen molar-refractivity contribution in [2.75, 3.05) is 4.72 Å². The lowest BCUT2D eigenvalue weighted by Crippen LogP contribution is -2.30. The molecule has 8 nitrogen and oxygen atoms in total. The van der Waals surface area contributed by atoms with Crippen LogP contribution in [-0.4, -0.2) is 29.4 Å². The first-order valence-electron chi connectivity index (χ1n) is 12.1. The van der Waals surface area contributed by atoms with Crippen molar-refractivity contribution in [2.45, 2.75) is 50.6 Å². The first-order chi connectivity index (χ1) is 18.3. The standard InChI is InChI=1S/C26H24BrF3N4O4S/c1-13(2)25-32-21(15-8-9-15)22(24(31)35)34(25)12-14-7-10-19-17(11-14)20(27)23(38-19)16-5-3-4-6-18(16)33-39(36,37)26(28,29)30/h3-7,10-11,13,15,33H,8-9,12H2,1-2H3,(H2,31,35). The van der Waals surface area contributed by atoms with E-state index in [0.29, 0.717) is 27.7 Å². The van der Waals surface area contributed by atoms with E-state index in [4.69, 9.17) is 15.1 Å². The van der Waals surface area contributed by atoms with Crippen LogP contribution in [0.1, 0.15) is 66.1 Å². The molecule has 1 fully saturated rings. The number of amides is 1. The van der Waals surface area contributed by atoms with Gasteiger partial charge in [-0.05, 0) is 58.6 Å². The van der Waals surface area contributed by atoms with Gasteiger partial charge in [-0.25, -0.2) is 4.98 Å². The highest BCUT2D eigenvalue weighted by Crippen LogP contribution is 2.43. The Hall–Kier alpha value is -3.32. The van der Waals surface area contributed by atoms with E-state index in [0.717, 1.165) is 29.9 Å². The molecule has 0 unspecified atom stereocenters.